The van der Waals surface area contributed by atoms with Crippen LogP contribution in [0.1, 0.15) is 59.6 Å². The standard InChI is InChI=1S/C17H18ClFN4O2/c18-13-4-1-9(7-14(13)19)17(25)20-11-5-10(6-11)16-22-21-15(8-24)23(16)12-2-3-12/h1,4,7,10-12,24H,2-3,5-6,8H2,(H,20,25). The van der Waals surface area contributed by atoms with Gasteiger partial charge in [0.15, 0.2) is 5.82 Å². The molecule has 0 bridgehead atoms. The molecule has 6 nitrogen and oxygen atoms in total. The number of hydrogen-bond acceptors (Lipinski definition) is 4. The third-order valence-corrected chi connectivity index (χ3v) is 5.17. The van der Waals surface area contributed by atoms with Crippen molar-refractivity contribution < 1.29 is 14.3 Å². The smallest absolute Gasteiger partial charge is 0.251 e. The van der Waals surface area contributed by atoms with Crippen molar-refractivity contribution in [2.24, 2.45) is 0 Å². The third-order valence-electron chi connectivity index (χ3n) is 4.87. The Balaban J connectivity index is 1.38. The molecule has 25 heavy (non-hydrogen) atoms. The van der Waals surface area contributed by atoms with Crippen molar-refractivity contribution in [3.63, 3.8) is 0 Å². The second-order valence-corrected chi connectivity index (χ2v) is 7.11. The van der Waals surface area contributed by atoms with Gasteiger partial charge in [-0.3, -0.25) is 4.79 Å². The zero-order valence-corrected chi connectivity index (χ0v) is 14.2. The van der Waals surface area contributed by atoms with Crippen LogP contribution < -0.4 is 5.32 Å². The Morgan fingerprint density at radius 2 is 2.12 bits per heavy atom. The van der Waals surface area contributed by atoms with Crippen LogP contribution in [0.2, 0.25) is 5.02 Å². The van der Waals surface area contributed by atoms with E-state index in [-0.39, 0.29) is 35.1 Å². The van der Waals surface area contributed by atoms with Gasteiger partial charge in [0, 0.05) is 23.6 Å². The van der Waals surface area contributed by atoms with E-state index in [0.29, 0.717) is 11.9 Å². The van der Waals surface area contributed by atoms with Crippen LogP contribution in [0.25, 0.3) is 0 Å². The maximum Gasteiger partial charge on any atom is 0.251 e. The number of amides is 1. The fourth-order valence-corrected chi connectivity index (χ4v) is 3.42. The summed E-state index contributed by atoms with van der Waals surface area (Å²) in [5.74, 6) is 0.824. The Bertz CT molecular complexity index is 815. The van der Waals surface area contributed by atoms with E-state index >= 15 is 0 Å². The van der Waals surface area contributed by atoms with Gasteiger partial charge in [0.1, 0.15) is 18.2 Å². The van der Waals surface area contributed by atoms with Crippen LogP contribution in [0.4, 0.5) is 4.39 Å². The molecule has 2 N–H and O–H groups in total. The number of aliphatic hydroxyl groups excluding tert-OH is 1. The molecule has 0 spiro atoms. The summed E-state index contributed by atoms with van der Waals surface area (Å²) in [6.45, 7) is -0.113. The molecule has 0 unspecified atom stereocenters. The molecule has 0 aliphatic heterocycles. The molecule has 1 aromatic carbocycles. The highest BCUT2D eigenvalue weighted by Crippen LogP contribution is 2.42. The zero-order valence-electron chi connectivity index (χ0n) is 13.5. The first-order valence-electron chi connectivity index (χ1n) is 8.37. The van der Waals surface area contributed by atoms with E-state index in [9.17, 15) is 14.3 Å². The maximum atomic E-state index is 13.5. The second kappa shape index (κ2) is 6.38. The molecule has 1 heterocycles. The van der Waals surface area contributed by atoms with Gasteiger partial charge in [-0.2, -0.15) is 0 Å². The van der Waals surface area contributed by atoms with Gasteiger partial charge in [0.25, 0.3) is 5.91 Å². The monoisotopic (exact) mass is 364 g/mol. The van der Waals surface area contributed by atoms with E-state index in [4.69, 9.17) is 11.6 Å². The first kappa shape index (κ1) is 16.5. The lowest BCUT2D eigenvalue weighted by molar-refractivity contribution is 0.0906. The summed E-state index contributed by atoms with van der Waals surface area (Å²) >= 11 is 5.64. The molecule has 2 aromatic rings. The number of nitrogens with one attached hydrogen (secondary N) is 1. The van der Waals surface area contributed by atoms with Gasteiger partial charge in [-0.05, 0) is 43.9 Å². The number of nitrogens with zero attached hydrogens (tertiary/aromatic N) is 3. The molecule has 2 aliphatic rings. The minimum atomic E-state index is -0.602. The lowest BCUT2D eigenvalue weighted by Gasteiger charge is -2.35. The highest BCUT2D eigenvalue weighted by Gasteiger charge is 2.38. The van der Waals surface area contributed by atoms with Gasteiger partial charge in [0.05, 0.1) is 5.02 Å². The zero-order chi connectivity index (χ0) is 17.6. The summed E-state index contributed by atoms with van der Waals surface area (Å²) in [5, 5.41) is 20.6. The summed E-state index contributed by atoms with van der Waals surface area (Å²) in [5.41, 5.74) is 0.258. The largest absolute Gasteiger partial charge is 0.388 e. The van der Waals surface area contributed by atoms with Crippen molar-refractivity contribution in [1.29, 1.82) is 0 Å². The lowest BCUT2D eigenvalue weighted by Crippen LogP contribution is -2.44. The highest BCUT2D eigenvalue weighted by molar-refractivity contribution is 6.30. The van der Waals surface area contributed by atoms with Gasteiger partial charge in [-0.1, -0.05) is 11.6 Å². The van der Waals surface area contributed by atoms with E-state index in [1.54, 1.807) is 0 Å². The van der Waals surface area contributed by atoms with Crippen molar-refractivity contribution in [2.45, 2.75) is 50.3 Å². The molecule has 4 rings (SSSR count). The van der Waals surface area contributed by atoms with Crippen molar-refractivity contribution in [1.82, 2.24) is 20.1 Å². The first-order chi connectivity index (χ1) is 12.1. The Morgan fingerprint density at radius 1 is 1.36 bits per heavy atom. The molecule has 2 fully saturated rings. The van der Waals surface area contributed by atoms with Crippen LogP contribution in [-0.4, -0.2) is 31.8 Å². The van der Waals surface area contributed by atoms with Crippen molar-refractivity contribution in [3.8, 4) is 0 Å². The van der Waals surface area contributed by atoms with E-state index in [0.717, 1.165) is 37.6 Å². The summed E-state index contributed by atoms with van der Waals surface area (Å²) < 4.78 is 15.5. The molecule has 1 amide bonds. The van der Waals surface area contributed by atoms with Crippen LogP contribution in [-0.2, 0) is 6.61 Å². The Kier molecular flexibility index (Phi) is 4.21. The summed E-state index contributed by atoms with van der Waals surface area (Å²) in [7, 11) is 0. The van der Waals surface area contributed by atoms with Gasteiger partial charge in [-0.25, -0.2) is 4.39 Å². The van der Waals surface area contributed by atoms with Gasteiger partial charge < -0.3 is 15.0 Å². The first-order valence-corrected chi connectivity index (χ1v) is 8.75. The number of rotatable bonds is 5. The average Bonchev–Trinajstić information content (AvgIpc) is 3.32. The number of halogens is 2. The van der Waals surface area contributed by atoms with Crippen molar-refractivity contribution in [3.05, 3.63) is 46.3 Å². The number of aliphatic hydroxyl groups is 1. The molecular formula is C17H18ClFN4O2. The van der Waals surface area contributed by atoms with Crippen LogP contribution in [0.15, 0.2) is 18.2 Å². The van der Waals surface area contributed by atoms with E-state index in [1.165, 1.54) is 12.1 Å². The van der Waals surface area contributed by atoms with Crippen LogP contribution in [0.5, 0.6) is 0 Å². The molecule has 0 atom stereocenters. The van der Waals surface area contributed by atoms with Crippen LogP contribution >= 0.6 is 11.6 Å². The Labute approximate surface area is 149 Å². The average molecular weight is 365 g/mol. The third kappa shape index (κ3) is 3.14. The number of aromatic nitrogens is 3. The molecule has 8 heteroatoms. The summed E-state index contributed by atoms with van der Waals surface area (Å²) in [6.07, 6.45) is 3.70. The summed E-state index contributed by atoms with van der Waals surface area (Å²) in [6, 6.07) is 4.46. The summed E-state index contributed by atoms with van der Waals surface area (Å²) in [4.78, 5) is 12.2. The van der Waals surface area contributed by atoms with E-state index in [1.807, 2.05) is 0 Å². The highest BCUT2D eigenvalue weighted by atomic mass is 35.5. The molecular weight excluding hydrogens is 347 g/mol. The molecule has 0 radical (unpaired) electrons. The van der Waals surface area contributed by atoms with Gasteiger partial charge in [0.2, 0.25) is 0 Å². The fraction of sp³-hybridized carbons (Fsp3) is 0.471. The van der Waals surface area contributed by atoms with Crippen LogP contribution in [0.3, 0.4) is 0 Å². The van der Waals surface area contributed by atoms with Gasteiger partial charge >= 0.3 is 0 Å². The van der Waals surface area contributed by atoms with Crippen LogP contribution in [0, 0.1) is 5.82 Å². The Morgan fingerprint density at radius 3 is 2.76 bits per heavy atom. The van der Waals surface area contributed by atoms with E-state index < -0.39 is 5.82 Å². The normalized spacial score (nSPS) is 22.5. The maximum absolute atomic E-state index is 13.5. The molecule has 132 valence electrons. The number of carbonyl (C=O) groups excluding carboxylic acids is 1. The van der Waals surface area contributed by atoms with Crippen molar-refractivity contribution in [2.75, 3.05) is 0 Å². The second-order valence-electron chi connectivity index (χ2n) is 6.70. The number of hydrogen-bond donors (Lipinski definition) is 2. The predicted molar refractivity (Wildman–Crippen MR) is 88.9 cm³/mol. The molecule has 2 saturated carbocycles. The minimum absolute atomic E-state index is 0.000594. The Hall–Kier alpha value is -1.99. The number of benzene rings is 1. The quantitative estimate of drug-likeness (QED) is 0.854. The number of carbonyl (C=O) groups is 1. The predicted octanol–water partition coefficient (Wildman–Crippen LogP) is 2.57. The molecule has 1 aromatic heterocycles. The fourth-order valence-electron chi connectivity index (χ4n) is 3.31. The van der Waals surface area contributed by atoms with Crippen molar-refractivity contribution >= 4 is 17.5 Å². The SMILES string of the molecule is O=C(NC1CC(c2nnc(CO)n2C2CC2)C1)c1ccc(Cl)c(F)c1. The minimum Gasteiger partial charge on any atom is -0.388 e. The topological polar surface area (TPSA) is 80.0 Å². The molecule has 0 saturated heterocycles. The van der Waals surface area contributed by atoms with Gasteiger partial charge in [-0.15, -0.1) is 10.2 Å². The lowest BCUT2D eigenvalue weighted by atomic mass is 9.79. The van der Waals surface area contributed by atoms with E-state index in [2.05, 4.69) is 20.1 Å². The molecule has 2 aliphatic carbocycles.